The largest absolute Gasteiger partial charge is 0.507 e. The molecule has 2 aromatic carbocycles. The maximum Gasteiger partial charge on any atom is 0.243 e. The van der Waals surface area contributed by atoms with E-state index in [0.29, 0.717) is 17.5 Å². The van der Waals surface area contributed by atoms with Gasteiger partial charge in [-0.2, -0.15) is 4.31 Å². The van der Waals surface area contributed by atoms with Crippen LogP contribution in [-0.2, 0) is 21.4 Å². The lowest BCUT2D eigenvalue weighted by Gasteiger charge is -2.25. The molecular formula is C24H29NO4S. The first-order valence-corrected chi connectivity index (χ1v) is 11.7. The number of carbonyl (C=O) groups excluding carboxylic acids is 1. The van der Waals surface area contributed by atoms with Crippen LogP contribution in [0.2, 0.25) is 0 Å². The van der Waals surface area contributed by atoms with Crippen molar-refractivity contribution in [3.63, 3.8) is 0 Å². The number of ketones is 1. The van der Waals surface area contributed by atoms with Crippen LogP contribution in [0.15, 0.2) is 53.9 Å². The van der Waals surface area contributed by atoms with Crippen molar-refractivity contribution in [2.75, 3.05) is 0 Å². The summed E-state index contributed by atoms with van der Waals surface area (Å²) in [6, 6.07) is 9.63. The molecule has 0 fully saturated rings. The molecule has 0 spiro atoms. The minimum absolute atomic E-state index is 0.00178. The predicted molar refractivity (Wildman–Crippen MR) is 118 cm³/mol. The number of hydrogen-bond donors (Lipinski definition) is 1. The Morgan fingerprint density at radius 1 is 1.17 bits per heavy atom. The van der Waals surface area contributed by atoms with Gasteiger partial charge >= 0.3 is 0 Å². The first-order valence-electron chi connectivity index (χ1n) is 10.3. The van der Waals surface area contributed by atoms with Gasteiger partial charge in [0.2, 0.25) is 10.0 Å². The van der Waals surface area contributed by atoms with Crippen LogP contribution in [0.25, 0.3) is 0 Å². The zero-order chi connectivity index (χ0) is 21.9. The second-order valence-corrected chi connectivity index (χ2v) is 9.85. The Bertz CT molecular complexity index is 1040. The van der Waals surface area contributed by atoms with Crippen molar-refractivity contribution in [1.82, 2.24) is 4.31 Å². The fourth-order valence-corrected chi connectivity index (χ4v) is 5.50. The van der Waals surface area contributed by atoms with E-state index in [9.17, 15) is 18.3 Å². The van der Waals surface area contributed by atoms with Crippen molar-refractivity contribution < 1.29 is 18.3 Å². The fraction of sp³-hybridized carbons (Fsp3) is 0.375. The third-order valence-electron chi connectivity index (χ3n) is 5.68. The number of aromatic hydroxyl groups is 1. The molecule has 1 aliphatic heterocycles. The smallest absolute Gasteiger partial charge is 0.243 e. The molecule has 1 heterocycles. The number of phenols is 1. The van der Waals surface area contributed by atoms with Crippen LogP contribution in [0.4, 0.5) is 0 Å². The van der Waals surface area contributed by atoms with Gasteiger partial charge in [-0.1, -0.05) is 35.9 Å². The van der Waals surface area contributed by atoms with Crippen molar-refractivity contribution in [1.29, 1.82) is 0 Å². The van der Waals surface area contributed by atoms with Gasteiger partial charge in [-0.3, -0.25) is 4.79 Å². The summed E-state index contributed by atoms with van der Waals surface area (Å²) in [5.74, 6) is 0.0838. The number of carbonyl (C=O) groups is 1. The number of benzene rings is 2. The van der Waals surface area contributed by atoms with Crippen LogP contribution in [0, 0.1) is 13.8 Å². The summed E-state index contributed by atoms with van der Waals surface area (Å²) >= 11 is 0. The molecule has 0 amide bonds. The molecule has 0 aliphatic carbocycles. The number of hydrogen-bond acceptors (Lipinski definition) is 4. The van der Waals surface area contributed by atoms with Gasteiger partial charge in [-0.25, -0.2) is 8.42 Å². The van der Waals surface area contributed by atoms with E-state index in [1.54, 1.807) is 37.3 Å². The molecule has 0 saturated heterocycles. The molecule has 0 bridgehead atoms. The summed E-state index contributed by atoms with van der Waals surface area (Å²) in [6.07, 6.45) is 4.76. The summed E-state index contributed by atoms with van der Waals surface area (Å²) in [6.45, 7) is 7.51. The van der Waals surface area contributed by atoms with Crippen molar-refractivity contribution in [3.05, 3.63) is 71.3 Å². The normalized spacial score (nSPS) is 16.4. The van der Waals surface area contributed by atoms with Crippen LogP contribution in [0.3, 0.4) is 0 Å². The maximum absolute atomic E-state index is 13.4. The van der Waals surface area contributed by atoms with Crippen LogP contribution in [-0.4, -0.2) is 23.6 Å². The van der Waals surface area contributed by atoms with Crippen LogP contribution in [0.1, 0.15) is 60.4 Å². The molecular weight excluding hydrogens is 398 g/mol. The third-order valence-corrected chi connectivity index (χ3v) is 7.55. The second kappa shape index (κ2) is 9.14. The Morgan fingerprint density at radius 2 is 1.87 bits per heavy atom. The summed E-state index contributed by atoms with van der Waals surface area (Å²) in [5, 5.41) is 10.7. The van der Waals surface area contributed by atoms with E-state index in [2.05, 4.69) is 6.58 Å². The fourth-order valence-electron chi connectivity index (χ4n) is 3.92. The lowest BCUT2D eigenvalue weighted by atomic mass is 9.96. The summed E-state index contributed by atoms with van der Waals surface area (Å²) in [5.41, 5.74) is 2.95. The predicted octanol–water partition coefficient (Wildman–Crippen LogP) is 4.96. The number of nitrogens with zero attached hydrogens (tertiary/aromatic N) is 1. The first kappa shape index (κ1) is 22.2. The molecule has 0 radical (unpaired) electrons. The number of allylic oxidation sites excluding steroid dienone is 1. The minimum atomic E-state index is -3.82. The Balaban J connectivity index is 1.93. The second-order valence-electron chi connectivity index (χ2n) is 7.96. The highest BCUT2D eigenvalue weighted by molar-refractivity contribution is 7.89. The van der Waals surface area contributed by atoms with Gasteiger partial charge < -0.3 is 5.11 Å². The average molecular weight is 428 g/mol. The number of unbranched alkanes of at least 4 members (excludes halogenated alkanes) is 2. The highest BCUT2D eigenvalue weighted by Gasteiger charge is 2.41. The van der Waals surface area contributed by atoms with Crippen molar-refractivity contribution in [3.8, 4) is 5.75 Å². The summed E-state index contributed by atoms with van der Waals surface area (Å²) in [4.78, 5) is 12.9. The number of fused-ring (bicyclic) bond motifs is 1. The van der Waals surface area contributed by atoms with E-state index in [1.807, 2.05) is 19.1 Å². The summed E-state index contributed by atoms with van der Waals surface area (Å²) < 4.78 is 28.2. The van der Waals surface area contributed by atoms with Gasteiger partial charge in [0, 0.05) is 24.9 Å². The monoisotopic (exact) mass is 427 g/mol. The molecule has 160 valence electrons. The molecule has 0 aromatic heterocycles. The minimum Gasteiger partial charge on any atom is -0.507 e. The molecule has 6 heteroatoms. The molecule has 1 atom stereocenters. The van der Waals surface area contributed by atoms with E-state index >= 15 is 0 Å². The Labute approximate surface area is 179 Å². The average Bonchev–Trinajstić information content (AvgIpc) is 3.08. The van der Waals surface area contributed by atoms with Gasteiger partial charge in [-0.15, -0.1) is 6.58 Å². The van der Waals surface area contributed by atoms with Gasteiger partial charge in [-0.05, 0) is 56.4 Å². The molecule has 2 aromatic rings. The molecule has 30 heavy (non-hydrogen) atoms. The summed E-state index contributed by atoms with van der Waals surface area (Å²) in [7, 11) is -3.82. The zero-order valence-corrected chi connectivity index (χ0v) is 18.4. The third kappa shape index (κ3) is 4.50. The van der Waals surface area contributed by atoms with Gasteiger partial charge in [0.15, 0.2) is 0 Å². The van der Waals surface area contributed by atoms with Crippen LogP contribution >= 0.6 is 0 Å². The molecule has 3 rings (SSSR count). The molecule has 1 aliphatic rings. The molecule has 5 nitrogen and oxygen atoms in total. The number of sulfonamides is 1. The Hall–Kier alpha value is -2.44. The first-order chi connectivity index (χ1) is 14.3. The van der Waals surface area contributed by atoms with Crippen LogP contribution in [0.5, 0.6) is 5.75 Å². The van der Waals surface area contributed by atoms with Crippen molar-refractivity contribution in [2.45, 2.75) is 63.4 Å². The quantitative estimate of drug-likeness (QED) is 0.453. The molecule has 0 saturated carbocycles. The zero-order valence-electron chi connectivity index (χ0n) is 17.6. The number of rotatable bonds is 9. The SMILES string of the molecule is C=CCCCCC(=O)CC1c2c(ccc(C)c2O)CN1S(=O)(=O)c1ccc(C)cc1. The standard InChI is InChI=1S/C24H29NO4S/c1-4-5-6-7-8-20(26)15-22-23-19(12-11-18(3)24(23)27)16-25(22)30(28,29)21-13-9-17(2)10-14-21/h4,9-14,22,27H,1,5-8,15-16H2,2-3H3. The molecule has 1 N–H and O–H groups in total. The van der Waals surface area contributed by atoms with Crippen molar-refractivity contribution >= 4 is 15.8 Å². The lowest BCUT2D eigenvalue weighted by Crippen LogP contribution is -2.31. The Kier molecular flexibility index (Phi) is 6.78. The lowest BCUT2D eigenvalue weighted by molar-refractivity contribution is -0.120. The van der Waals surface area contributed by atoms with E-state index in [-0.39, 0.29) is 29.4 Å². The Morgan fingerprint density at radius 3 is 2.53 bits per heavy atom. The topological polar surface area (TPSA) is 74.7 Å². The van der Waals surface area contributed by atoms with E-state index in [1.165, 1.54) is 4.31 Å². The van der Waals surface area contributed by atoms with Crippen LogP contribution < -0.4 is 0 Å². The van der Waals surface area contributed by atoms with Gasteiger partial charge in [0.1, 0.15) is 11.5 Å². The van der Waals surface area contributed by atoms with E-state index in [0.717, 1.165) is 30.4 Å². The maximum atomic E-state index is 13.4. The highest BCUT2D eigenvalue weighted by Crippen LogP contribution is 2.45. The van der Waals surface area contributed by atoms with E-state index in [4.69, 9.17) is 0 Å². The number of phenolic OH excluding ortho intramolecular Hbond substituents is 1. The highest BCUT2D eigenvalue weighted by atomic mass is 32.2. The molecule has 1 unspecified atom stereocenters. The number of Topliss-reactive ketones (excluding diaryl/α,β-unsaturated/α-hetero) is 1. The van der Waals surface area contributed by atoms with Gasteiger partial charge in [0.05, 0.1) is 10.9 Å². The number of aryl methyl sites for hydroxylation is 2. The van der Waals surface area contributed by atoms with Crippen molar-refractivity contribution in [2.24, 2.45) is 0 Å². The van der Waals surface area contributed by atoms with E-state index < -0.39 is 16.1 Å². The van der Waals surface area contributed by atoms with Gasteiger partial charge in [0.25, 0.3) is 0 Å².